The molecule has 2 aromatic rings. The van der Waals surface area contributed by atoms with Gasteiger partial charge in [-0.25, -0.2) is 4.39 Å². The summed E-state index contributed by atoms with van der Waals surface area (Å²) in [6, 6.07) is 11.2. The van der Waals surface area contributed by atoms with Gasteiger partial charge in [0.2, 0.25) is 0 Å². The van der Waals surface area contributed by atoms with Crippen molar-refractivity contribution in [3.63, 3.8) is 0 Å². The fourth-order valence-electron chi connectivity index (χ4n) is 1.70. The molecule has 0 aliphatic carbocycles. The number of nitrogens with one attached hydrogen (secondary N) is 1. The number of hydrogen-bond acceptors (Lipinski definition) is 2. The lowest BCUT2D eigenvalue weighted by atomic mass is 10.2. The van der Waals surface area contributed by atoms with Crippen LogP contribution in [0.4, 0.5) is 10.1 Å². The average Bonchev–Trinajstić information content (AvgIpc) is 2.42. The molecule has 0 spiro atoms. The van der Waals surface area contributed by atoms with Gasteiger partial charge in [-0.15, -0.1) is 0 Å². The molecule has 0 aliphatic heterocycles. The summed E-state index contributed by atoms with van der Waals surface area (Å²) in [7, 11) is 0. The van der Waals surface area contributed by atoms with Crippen LogP contribution in [0.25, 0.3) is 0 Å². The van der Waals surface area contributed by atoms with Crippen LogP contribution in [-0.2, 0) is 0 Å². The van der Waals surface area contributed by atoms with Crippen LogP contribution in [0.3, 0.4) is 0 Å². The van der Waals surface area contributed by atoms with E-state index in [1.165, 1.54) is 12.1 Å². The van der Waals surface area contributed by atoms with Gasteiger partial charge in [0.1, 0.15) is 11.6 Å². The van der Waals surface area contributed by atoms with Crippen LogP contribution in [0.2, 0.25) is 0 Å². The third kappa shape index (κ3) is 3.57. The Morgan fingerprint density at radius 1 is 1.30 bits per heavy atom. The Morgan fingerprint density at radius 3 is 2.85 bits per heavy atom. The molecular weight excluding hydrogens is 325 g/mol. The Morgan fingerprint density at radius 2 is 2.10 bits per heavy atom. The summed E-state index contributed by atoms with van der Waals surface area (Å²) in [5.41, 5.74) is 0.543. The van der Waals surface area contributed by atoms with E-state index in [4.69, 9.17) is 4.74 Å². The van der Waals surface area contributed by atoms with Crippen molar-refractivity contribution in [2.45, 2.75) is 6.92 Å². The molecule has 0 bridgehead atoms. The number of anilines is 1. The van der Waals surface area contributed by atoms with E-state index < -0.39 is 11.7 Å². The molecular formula is C15H13BrFNO2. The van der Waals surface area contributed by atoms with Crippen molar-refractivity contribution in [3.8, 4) is 5.75 Å². The molecule has 0 aromatic heterocycles. The second-order valence-electron chi connectivity index (χ2n) is 4.04. The number of halogens is 2. The van der Waals surface area contributed by atoms with Crippen molar-refractivity contribution in [2.24, 2.45) is 0 Å². The van der Waals surface area contributed by atoms with Gasteiger partial charge < -0.3 is 10.1 Å². The number of rotatable bonds is 4. The quantitative estimate of drug-likeness (QED) is 0.906. The van der Waals surface area contributed by atoms with Gasteiger partial charge in [-0.1, -0.05) is 22.0 Å². The molecule has 2 rings (SSSR count). The largest absolute Gasteiger partial charge is 0.494 e. The van der Waals surface area contributed by atoms with Crippen LogP contribution in [0.5, 0.6) is 5.75 Å². The fraction of sp³-hybridized carbons (Fsp3) is 0.133. The summed E-state index contributed by atoms with van der Waals surface area (Å²) in [6.45, 7) is 2.42. The molecule has 0 unspecified atom stereocenters. The highest BCUT2D eigenvalue weighted by atomic mass is 79.9. The van der Waals surface area contributed by atoms with Gasteiger partial charge in [0, 0.05) is 16.2 Å². The molecule has 0 atom stereocenters. The predicted octanol–water partition coefficient (Wildman–Crippen LogP) is 4.24. The second kappa shape index (κ2) is 6.52. The van der Waals surface area contributed by atoms with Crippen LogP contribution in [0.1, 0.15) is 17.3 Å². The Kier molecular flexibility index (Phi) is 4.74. The molecule has 0 saturated heterocycles. The maximum atomic E-state index is 13.6. The summed E-state index contributed by atoms with van der Waals surface area (Å²) < 4.78 is 19.6. The molecule has 3 nitrogen and oxygen atoms in total. The topological polar surface area (TPSA) is 38.3 Å². The third-order valence-electron chi connectivity index (χ3n) is 2.58. The summed E-state index contributed by atoms with van der Waals surface area (Å²) >= 11 is 3.22. The van der Waals surface area contributed by atoms with Crippen LogP contribution in [0.15, 0.2) is 46.9 Å². The first-order valence-electron chi connectivity index (χ1n) is 6.09. The highest BCUT2D eigenvalue weighted by molar-refractivity contribution is 9.10. The molecule has 5 heteroatoms. The molecule has 1 N–H and O–H groups in total. The minimum atomic E-state index is -0.563. The Labute approximate surface area is 124 Å². The molecule has 104 valence electrons. The Bertz CT molecular complexity index is 631. The van der Waals surface area contributed by atoms with E-state index >= 15 is 0 Å². The van der Waals surface area contributed by atoms with Gasteiger partial charge >= 0.3 is 0 Å². The molecule has 0 aliphatic rings. The third-order valence-corrected chi connectivity index (χ3v) is 3.07. The lowest BCUT2D eigenvalue weighted by Gasteiger charge is -2.08. The molecule has 0 radical (unpaired) electrons. The summed E-state index contributed by atoms with van der Waals surface area (Å²) in [5.74, 6) is -0.413. The Balaban J connectivity index is 2.19. The maximum Gasteiger partial charge on any atom is 0.258 e. The average molecular weight is 338 g/mol. The highest BCUT2D eigenvalue weighted by Crippen LogP contribution is 2.20. The Hall–Kier alpha value is -1.88. The van der Waals surface area contributed by atoms with Gasteiger partial charge in [0.15, 0.2) is 0 Å². The lowest BCUT2D eigenvalue weighted by molar-refractivity contribution is 0.102. The van der Waals surface area contributed by atoms with Crippen molar-refractivity contribution >= 4 is 27.5 Å². The zero-order chi connectivity index (χ0) is 14.5. The summed E-state index contributed by atoms with van der Waals surface area (Å²) in [4.78, 5) is 12.0. The monoisotopic (exact) mass is 337 g/mol. The van der Waals surface area contributed by atoms with Crippen molar-refractivity contribution in [3.05, 3.63) is 58.3 Å². The maximum absolute atomic E-state index is 13.6. The van der Waals surface area contributed by atoms with E-state index in [-0.39, 0.29) is 5.56 Å². The van der Waals surface area contributed by atoms with Crippen molar-refractivity contribution in [1.82, 2.24) is 0 Å². The number of amides is 1. The fourth-order valence-corrected chi connectivity index (χ4v) is 2.06. The van der Waals surface area contributed by atoms with Crippen LogP contribution >= 0.6 is 15.9 Å². The smallest absolute Gasteiger partial charge is 0.258 e. The lowest BCUT2D eigenvalue weighted by Crippen LogP contribution is -2.13. The molecule has 0 heterocycles. The SMILES string of the molecule is CCOc1cccc(NC(=O)c2cc(Br)ccc2F)c1. The van der Waals surface area contributed by atoms with E-state index in [9.17, 15) is 9.18 Å². The van der Waals surface area contributed by atoms with Crippen molar-refractivity contribution in [1.29, 1.82) is 0 Å². The molecule has 0 saturated carbocycles. The molecule has 20 heavy (non-hydrogen) atoms. The van der Waals surface area contributed by atoms with Gasteiger partial charge in [0.05, 0.1) is 12.2 Å². The van der Waals surface area contributed by atoms with Gasteiger partial charge in [-0.2, -0.15) is 0 Å². The van der Waals surface area contributed by atoms with Crippen LogP contribution < -0.4 is 10.1 Å². The van der Waals surface area contributed by atoms with Crippen LogP contribution in [0, 0.1) is 5.82 Å². The first-order valence-corrected chi connectivity index (χ1v) is 6.88. The number of benzene rings is 2. The zero-order valence-electron chi connectivity index (χ0n) is 10.8. The predicted molar refractivity (Wildman–Crippen MR) is 79.7 cm³/mol. The summed E-state index contributed by atoms with van der Waals surface area (Å²) in [6.07, 6.45) is 0. The zero-order valence-corrected chi connectivity index (χ0v) is 12.4. The molecule has 0 fully saturated rings. The molecule has 1 amide bonds. The van der Waals surface area contributed by atoms with Crippen molar-refractivity contribution in [2.75, 3.05) is 11.9 Å². The summed E-state index contributed by atoms with van der Waals surface area (Å²) in [5, 5.41) is 2.65. The standard InChI is InChI=1S/C15H13BrFNO2/c1-2-20-12-5-3-4-11(9-12)18-15(19)13-8-10(16)6-7-14(13)17/h3-9H,2H2,1H3,(H,18,19). The highest BCUT2D eigenvalue weighted by Gasteiger charge is 2.12. The minimum absolute atomic E-state index is 0.0128. The number of carbonyl (C=O) groups is 1. The normalized spacial score (nSPS) is 10.2. The first-order chi connectivity index (χ1) is 9.60. The van der Waals surface area contributed by atoms with E-state index in [0.717, 1.165) is 0 Å². The minimum Gasteiger partial charge on any atom is -0.494 e. The second-order valence-corrected chi connectivity index (χ2v) is 4.95. The number of hydrogen-bond donors (Lipinski definition) is 1. The van der Waals surface area contributed by atoms with E-state index in [1.807, 2.05) is 6.92 Å². The first kappa shape index (κ1) is 14.5. The van der Waals surface area contributed by atoms with Gasteiger partial charge in [-0.05, 0) is 37.3 Å². The van der Waals surface area contributed by atoms with Crippen LogP contribution in [-0.4, -0.2) is 12.5 Å². The van der Waals surface area contributed by atoms with Crippen molar-refractivity contribution < 1.29 is 13.9 Å². The van der Waals surface area contributed by atoms with E-state index in [2.05, 4.69) is 21.2 Å². The van der Waals surface area contributed by atoms with Gasteiger partial charge in [0.25, 0.3) is 5.91 Å². The van der Waals surface area contributed by atoms with E-state index in [0.29, 0.717) is 22.5 Å². The number of ether oxygens (including phenoxy) is 1. The molecule has 2 aromatic carbocycles. The number of carbonyl (C=O) groups excluding carboxylic acids is 1. The van der Waals surface area contributed by atoms with Gasteiger partial charge in [-0.3, -0.25) is 4.79 Å². The van der Waals surface area contributed by atoms with E-state index in [1.54, 1.807) is 30.3 Å².